The molecule has 0 bridgehead atoms. The largest absolute Gasteiger partial charge is 0.465 e. The van der Waals surface area contributed by atoms with Gasteiger partial charge in [-0.05, 0) is 44.5 Å². The molecule has 0 saturated carbocycles. The van der Waals surface area contributed by atoms with E-state index in [-0.39, 0.29) is 24.8 Å². The molecule has 1 fully saturated rings. The van der Waals surface area contributed by atoms with E-state index in [0.717, 1.165) is 17.1 Å². The Hall–Kier alpha value is -3.65. The minimum atomic E-state index is -4.30. The number of benzene rings is 2. The van der Waals surface area contributed by atoms with Crippen LogP contribution in [0.1, 0.15) is 32.6 Å². The monoisotopic (exact) mass is 620 g/mol. The standard InChI is InChI=1S/C28H34FN4O9P/c1-4-38-25(35)19(2)32-43(37,42-21-13-9-6-10-14-21)40-18-22-24(34)28(3,29)26(41-22)33-16-15-23(30-27(33)36)31-39-17-20-11-7-5-8-12-20/h5-16,19,22,24,26,34H,4,17-18H2,1-3H3,(H,32,37)(H,30,31,36)/t19-,22+,24?,26+,28?,43?/m0/s1. The highest BCUT2D eigenvalue weighted by molar-refractivity contribution is 7.52. The van der Waals surface area contributed by atoms with Gasteiger partial charge in [0.15, 0.2) is 17.7 Å². The van der Waals surface area contributed by atoms with Gasteiger partial charge in [-0.15, -0.1) is 0 Å². The summed E-state index contributed by atoms with van der Waals surface area (Å²) in [6, 6.07) is 17.6. The fraction of sp³-hybridized carbons (Fsp3) is 0.393. The molecule has 13 nitrogen and oxygen atoms in total. The first-order chi connectivity index (χ1) is 20.5. The molecule has 1 aromatic heterocycles. The van der Waals surface area contributed by atoms with Gasteiger partial charge in [0.25, 0.3) is 0 Å². The zero-order valence-corrected chi connectivity index (χ0v) is 24.7. The number of anilines is 1. The molecule has 4 rings (SSSR count). The number of aliphatic hydroxyl groups excluding tert-OH is 1. The van der Waals surface area contributed by atoms with Crippen LogP contribution < -0.4 is 20.8 Å². The number of aliphatic hydroxyl groups is 1. The number of nitrogens with zero attached hydrogens (tertiary/aromatic N) is 2. The number of hydrogen-bond donors (Lipinski definition) is 3. The summed E-state index contributed by atoms with van der Waals surface area (Å²) in [5, 5.41) is 13.3. The summed E-state index contributed by atoms with van der Waals surface area (Å²) in [5.41, 5.74) is 0.102. The Morgan fingerprint density at radius 3 is 2.51 bits per heavy atom. The highest BCUT2D eigenvalue weighted by Crippen LogP contribution is 2.47. The van der Waals surface area contributed by atoms with E-state index >= 15 is 4.39 Å². The molecule has 1 saturated heterocycles. The number of nitrogens with one attached hydrogen (secondary N) is 2. The van der Waals surface area contributed by atoms with Crippen LogP contribution in [-0.4, -0.2) is 57.8 Å². The van der Waals surface area contributed by atoms with Crippen molar-refractivity contribution in [1.29, 1.82) is 0 Å². The summed E-state index contributed by atoms with van der Waals surface area (Å²) in [6.07, 6.45) is -3.54. The van der Waals surface area contributed by atoms with Gasteiger partial charge in [-0.3, -0.25) is 18.7 Å². The first-order valence-electron chi connectivity index (χ1n) is 13.5. The number of hydrogen-bond acceptors (Lipinski definition) is 11. The van der Waals surface area contributed by atoms with Crippen molar-refractivity contribution in [2.75, 3.05) is 18.7 Å². The predicted octanol–water partition coefficient (Wildman–Crippen LogP) is 3.52. The number of carbonyl (C=O) groups is 1. The van der Waals surface area contributed by atoms with Crippen molar-refractivity contribution >= 4 is 19.5 Å². The fourth-order valence-electron chi connectivity index (χ4n) is 4.20. The van der Waals surface area contributed by atoms with E-state index < -0.39 is 56.2 Å². The zero-order valence-electron chi connectivity index (χ0n) is 23.8. The number of ether oxygens (including phenoxy) is 2. The third kappa shape index (κ3) is 8.25. The number of rotatable bonds is 14. The second-order valence-electron chi connectivity index (χ2n) is 9.80. The Kier molecular flexibility index (Phi) is 10.7. The van der Waals surface area contributed by atoms with Gasteiger partial charge in [0.05, 0.1) is 19.8 Å². The molecule has 2 aromatic carbocycles. The SMILES string of the molecule is CCOC(=O)[C@H](C)NP(=O)(OC[C@H]1O[C@@H](n2ccc(NOCc3ccccc3)nc2=O)C(C)(F)C1O)Oc1ccccc1. The van der Waals surface area contributed by atoms with Crippen LogP contribution in [-0.2, 0) is 34.8 Å². The maximum atomic E-state index is 15.8. The molecule has 3 N–H and O–H groups in total. The number of esters is 1. The average Bonchev–Trinajstić information content (AvgIpc) is 3.21. The third-order valence-electron chi connectivity index (χ3n) is 6.43. The molecule has 1 aliphatic rings. The smallest absolute Gasteiger partial charge is 0.459 e. The summed E-state index contributed by atoms with van der Waals surface area (Å²) in [7, 11) is -4.30. The minimum absolute atomic E-state index is 0.0805. The van der Waals surface area contributed by atoms with Gasteiger partial charge < -0.3 is 19.1 Å². The Labute approximate surface area is 247 Å². The maximum Gasteiger partial charge on any atom is 0.459 e. The predicted molar refractivity (Wildman–Crippen MR) is 153 cm³/mol. The van der Waals surface area contributed by atoms with Gasteiger partial charge in [-0.25, -0.2) is 19.2 Å². The average molecular weight is 621 g/mol. The molecule has 3 aromatic rings. The molecular formula is C28H34FN4O9P. The van der Waals surface area contributed by atoms with E-state index in [1.54, 1.807) is 25.1 Å². The van der Waals surface area contributed by atoms with Crippen LogP contribution in [0.4, 0.5) is 10.2 Å². The van der Waals surface area contributed by atoms with E-state index in [1.165, 1.54) is 31.3 Å². The zero-order chi connectivity index (χ0) is 31.0. The first kappa shape index (κ1) is 32.3. The Morgan fingerprint density at radius 2 is 1.86 bits per heavy atom. The second-order valence-corrected chi connectivity index (χ2v) is 11.5. The lowest BCUT2D eigenvalue weighted by atomic mass is 9.98. The van der Waals surface area contributed by atoms with Crippen molar-refractivity contribution in [1.82, 2.24) is 14.6 Å². The number of aromatic nitrogens is 2. The molecular weight excluding hydrogens is 586 g/mol. The molecule has 2 heterocycles. The van der Waals surface area contributed by atoms with E-state index in [0.29, 0.717) is 0 Å². The number of alkyl halides is 1. The van der Waals surface area contributed by atoms with Crippen molar-refractivity contribution in [2.24, 2.45) is 0 Å². The summed E-state index contributed by atoms with van der Waals surface area (Å²) in [4.78, 5) is 34.2. The van der Waals surface area contributed by atoms with Crippen LogP contribution >= 0.6 is 7.75 Å². The summed E-state index contributed by atoms with van der Waals surface area (Å²) in [5.74, 6) is -0.460. The molecule has 15 heteroatoms. The molecule has 0 amide bonds. The maximum absolute atomic E-state index is 15.8. The Balaban J connectivity index is 1.44. The van der Waals surface area contributed by atoms with E-state index in [1.807, 2.05) is 30.3 Å². The lowest BCUT2D eigenvalue weighted by Gasteiger charge is -2.25. The van der Waals surface area contributed by atoms with Gasteiger partial charge in [-0.2, -0.15) is 10.1 Å². The molecule has 232 valence electrons. The van der Waals surface area contributed by atoms with Crippen LogP contribution in [0.25, 0.3) is 0 Å². The first-order valence-corrected chi connectivity index (χ1v) is 15.0. The van der Waals surface area contributed by atoms with Crippen LogP contribution in [0.15, 0.2) is 77.7 Å². The number of carbonyl (C=O) groups excluding carboxylic acids is 1. The highest BCUT2D eigenvalue weighted by Gasteiger charge is 2.56. The lowest BCUT2D eigenvalue weighted by molar-refractivity contribution is -0.144. The van der Waals surface area contributed by atoms with Crippen molar-refractivity contribution in [2.45, 2.75) is 57.5 Å². The van der Waals surface area contributed by atoms with Gasteiger partial charge in [-0.1, -0.05) is 48.5 Å². The summed E-state index contributed by atoms with van der Waals surface area (Å²) in [6.45, 7) is 3.76. The topological polar surface area (TPSA) is 159 Å². The van der Waals surface area contributed by atoms with Crippen molar-refractivity contribution in [3.05, 3.63) is 89.0 Å². The van der Waals surface area contributed by atoms with Gasteiger partial charge in [0.2, 0.25) is 0 Å². The molecule has 43 heavy (non-hydrogen) atoms. The second kappa shape index (κ2) is 14.2. The number of para-hydroxylation sites is 1. The molecule has 0 radical (unpaired) electrons. The van der Waals surface area contributed by atoms with E-state index in [4.69, 9.17) is 23.4 Å². The van der Waals surface area contributed by atoms with Gasteiger partial charge in [0, 0.05) is 6.20 Å². The molecule has 6 atom stereocenters. The quantitative estimate of drug-likeness (QED) is 0.137. The summed E-state index contributed by atoms with van der Waals surface area (Å²) < 4.78 is 52.1. The Bertz CT molecular complexity index is 1460. The number of halogens is 1. The highest BCUT2D eigenvalue weighted by atomic mass is 31.2. The Morgan fingerprint density at radius 1 is 1.19 bits per heavy atom. The van der Waals surface area contributed by atoms with Gasteiger partial charge in [0.1, 0.15) is 24.0 Å². The van der Waals surface area contributed by atoms with Gasteiger partial charge >= 0.3 is 19.4 Å². The van der Waals surface area contributed by atoms with Crippen molar-refractivity contribution in [3.8, 4) is 5.75 Å². The van der Waals surface area contributed by atoms with Crippen LogP contribution in [0.2, 0.25) is 0 Å². The van der Waals surface area contributed by atoms with Crippen molar-refractivity contribution < 1.29 is 42.2 Å². The van der Waals surface area contributed by atoms with E-state index in [9.17, 15) is 19.3 Å². The molecule has 0 aliphatic carbocycles. The molecule has 3 unspecified atom stereocenters. The summed E-state index contributed by atoms with van der Waals surface area (Å²) >= 11 is 0. The molecule has 0 spiro atoms. The van der Waals surface area contributed by atoms with E-state index in [2.05, 4.69) is 15.6 Å². The normalized spacial score (nSPS) is 23.7. The molecule has 1 aliphatic heterocycles. The van der Waals surface area contributed by atoms with Crippen LogP contribution in [0, 0.1) is 0 Å². The fourth-order valence-corrected chi connectivity index (χ4v) is 5.71. The minimum Gasteiger partial charge on any atom is -0.465 e. The van der Waals surface area contributed by atoms with Crippen LogP contribution in [0.3, 0.4) is 0 Å². The third-order valence-corrected chi connectivity index (χ3v) is 8.07. The van der Waals surface area contributed by atoms with Crippen LogP contribution in [0.5, 0.6) is 5.75 Å². The van der Waals surface area contributed by atoms with Crippen molar-refractivity contribution in [3.63, 3.8) is 0 Å². The lowest BCUT2D eigenvalue weighted by Crippen LogP contribution is -2.43.